The summed E-state index contributed by atoms with van der Waals surface area (Å²) < 4.78 is 5.07. The van der Waals surface area contributed by atoms with Crippen LogP contribution in [-0.4, -0.2) is 34.4 Å². The standard InChI is InChI=1S/C13H24O5/c1-3-5-7-10(14)8-13(17)18-11(6-4-2)9-12(15)16/h10-11,14H,3-9H2,1-2H3,(H,15,16). The van der Waals surface area contributed by atoms with E-state index in [0.29, 0.717) is 12.8 Å². The number of carbonyl (C=O) groups excluding carboxylic acids is 1. The average molecular weight is 260 g/mol. The van der Waals surface area contributed by atoms with Gasteiger partial charge in [-0.3, -0.25) is 9.59 Å². The highest BCUT2D eigenvalue weighted by Crippen LogP contribution is 2.11. The van der Waals surface area contributed by atoms with Gasteiger partial charge in [0.25, 0.3) is 0 Å². The maximum atomic E-state index is 11.5. The van der Waals surface area contributed by atoms with Crippen molar-refractivity contribution in [3.05, 3.63) is 0 Å². The van der Waals surface area contributed by atoms with Gasteiger partial charge < -0.3 is 14.9 Å². The third kappa shape index (κ3) is 8.98. The molecule has 0 aromatic heterocycles. The van der Waals surface area contributed by atoms with Crippen molar-refractivity contribution < 1.29 is 24.5 Å². The van der Waals surface area contributed by atoms with E-state index >= 15 is 0 Å². The predicted molar refractivity (Wildman–Crippen MR) is 67.2 cm³/mol. The number of carboxylic acids is 1. The van der Waals surface area contributed by atoms with E-state index in [4.69, 9.17) is 9.84 Å². The molecule has 0 heterocycles. The fraction of sp³-hybridized carbons (Fsp3) is 0.846. The van der Waals surface area contributed by atoms with Gasteiger partial charge in [0.1, 0.15) is 6.10 Å². The Labute approximate surface area is 108 Å². The van der Waals surface area contributed by atoms with Crippen molar-refractivity contribution >= 4 is 11.9 Å². The molecule has 0 radical (unpaired) electrons. The van der Waals surface area contributed by atoms with Crippen molar-refractivity contribution in [1.29, 1.82) is 0 Å². The lowest BCUT2D eigenvalue weighted by atomic mass is 10.1. The van der Waals surface area contributed by atoms with E-state index in [1.165, 1.54) is 0 Å². The van der Waals surface area contributed by atoms with Crippen LogP contribution in [0.4, 0.5) is 0 Å². The Balaban J connectivity index is 4.03. The van der Waals surface area contributed by atoms with Crippen LogP contribution in [0, 0.1) is 0 Å². The quantitative estimate of drug-likeness (QED) is 0.588. The van der Waals surface area contributed by atoms with Crippen LogP contribution in [0.25, 0.3) is 0 Å². The minimum Gasteiger partial charge on any atom is -0.481 e. The van der Waals surface area contributed by atoms with Gasteiger partial charge in [0, 0.05) is 0 Å². The number of hydrogen-bond donors (Lipinski definition) is 2. The van der Waals surface area contributed by atoms with Gasteiger partial charge in [-0.05, 0) is 12.8 Å². The first-order chi connectivity index (χ1) is 8.49. The van der Waals surface area contributed by atoms with Crippen LogP contribution >= 0.6 is 0 Å². The number of aliphatic hydroxyl groups is 1. The first-order valence-electron chi connectivity index (χ1n) is 6.58. The topological polar surface area (TPSA) is 83.8 Å². The Bertz CT molecular complexity index is 252. The van der Waals surface area contributed by atoms with Crippen molar-refractivity contribution in [3.63, 3.8) is 0 Å². The summed E-state index contributed by atoms with van der Waals surface area (Å²) in [5.41, 5.74) is 0. The van der Waals surface area contributed by atoms with Crippen molar-refractivity contribution in [2.75, 3.05) is 0 Å². The zero-order valence-electron chi connectivity index (χ0n) is 11.2. The minimum atomic E-state index is -0.979. The average Bonchev–Trinajstić information content (AvgIpc) is 2.25. The lowest BCUT2D eigenvalue weighted by molar-refractivity contribution is -0.155. The van der Waals surface area contributed by atoms with Gasteiger partial charge in [-0.25, -0.2) is 0 Å². The van der Waals surface area contributed by atoms with E-state index < -0.39 is 24.1 Å². The zero-order chi connectivity index (χ0) is 14.0. The van der Waals surface area contributed by atoms with Crippen LogP contribution in [-0.2, 0) is 14.3 Å². The van der Waals surface area contributed by atoms with Crippen molar-refractivity contribution in [1.82, 2.24) is 0 Å². The Kier molecular flexibility index (Phi) is 9.28. The molecule has 0 spiro atoms. The number of ether oxygens (including phenoxy) is 1. The summed E-state index contributed by atoms with van der Waals surface area (Å²) in [7, 11) is 0. The predicted octanol–water partition coefficient (Wildman–Crippen LogP) is 2.11. The number of aliphatic carboxylic acids is 1. The summed E-state index contributed by atoms with van der Waals surface area (Å²) in [5.74, 6) is -1.49. The third-order valence-electron chi connectivity index (χ3n) is 2.60. The Morgan fingerprint density at radius 2 is 1.78 bits per heavy atom. The second-order valence-electron chi connectivity index (χ2n) is 4.50. The van der Waals surface area contributed by atoms with Crippen LogP contribution in [0.3, 0.4) is 0 Å². The highest BCUT2D eigenvalue weighted by molar-refractivity contribution is 5.71. The van der Waals surface area contributed by atoms with E-state index in [1.807, 2.05) is 13.8 Å². The molecule has 0 aliphatic carbocycles. The molecule has 5 nitrogen and oxygen atoms in total. The van der Waals surface area contributed by atoms with Gasteiger partial charge in [-0.1, -0.05) is 33.1 Å². The molecule has 0 rings (SSSR count). The summed E-state index contributed by atoms with van der Waals surface area (Å²) >= 11 is 0. The van der Waals surface area contributed by atoms with Gasteiger partial charge in [-0.15, -0.1) is 0 Å². The maximum Gasteiger partial charge on any atom is 0.308 e. The van der Waals surface area contributed by atoms with E-state index in [-0.39, 0.29) is 12.8 Å². The molecule has 18 heavy (non-hydrogen) atoms. The fourth-order valence-electron chi connectivity index (χ4n) is 1.69. The molecule has 106 valence electrons. The largest absolute Gasteiger partial charge is 0.481 e. The molecule has 0 aromatic carbocycles. The highest BCUT2D eigenvalue weighted by atomic mass is 16.5. The maximum absolute atomic E-state index is 11.5. The van der Waals surface area contributed by atoms with Crippen LogP contribution in [0.5, 0.6) is 0 Å². The van der Waals surface area contributed by atoms with Gasteiger partial charge in [-0.2, -0.15) is 0 Å². The number of carboxylic acid groups (broad SMARTS) is 1. The number of unbranched alkanes of at least 4 members (excludes halogenated alkanes) is 1. The van der Waals surface area contributed by atoms with Gasteiger partial charge >= 0.3 is 11.9 Å². The molecule has 0 aliphatic heterocycles. The van der Waals surface area contributed by atoms with Gasteiger partial charge in [0.2, 0.25) is 0 Å². The molecule has 0 aromatic rings. The Morgan fingerprint density at radius 1 is 1.11 bits per heavy atom. The van der Waals surface area contributed by atoms with E-state index in [2.05, 4.69) is 0 Å². The number of esters is 1. The van der Waals surface area contributed by atoms with Gasteiger partial charge in [0.05, 0.1) is 18.9 Å². The summed E-state index contributed by atoms with van der Waals surface area (Å²) in [5, 5.41) is 18.2. The van der Waals surface area contributed by atoms with E-state index in [0.717, 1.165) is 19.3 Å². The zero-order valence-corrected chi connectivity index (χ0v) is 11.2. The summed E-state index contributed by atoms with van der Waals surface area (Å²) in [6.45, 7) is 3.91. The molecule has 0 fully saturated rings. The smallest absolute Gasteiger partial charge is 0.308 e. The molecular formula is C13H24O5. The normalized spacial score (nSPS) is 13.9. The SMILES string of the molecule is CCCCC(O)CC(=O)OC(CCC)CC(=O)O. The summed E-state index contributed by atoms with van der Waals surface area (Å²) in [6.07, 6.45) is 2.18. The molecule has 0 amide bonds. The number of hydrogen-bond acceptors (Lipinski definition) is 4. The Hall–Kier alpha value is -1.10. The van der Waals surface area contributed by atoms with Crippen LogP contribution in [0.1, 0.15) is 58.8 Å². The second-order valence-corrected chi connectivity index (χ2v) is 4.50. The van der Waals surface area contributed by atoms with Crippen molar-refractivity contribution in [3.8, 4) is 0 Å². The van der Waals surface area contributed by atoms with Crippen LogP contribution < -0.4 is 0 Å². The van der Waals surface area contributed by atoms with Crippen LogP contribution in [0.15, 0.2) is 0 Å². The van der Waals surface area contributed by atoms with Gasteiger partial charge in [0.15, 0.2) is 0 Å². The lowest BCUT2D eigenvalue weighted by Crippen LogP contribution is -2.24. The lowest BCUT2D eigenvalue weighted by Gasteiger charge is -2.16. The molecule has 0 saturated carbocycles. The minimum absolute atomic E-state index is 0.0557. The van der Waals surface area contributed by atoms with Crippen molar-refractivity contribution in [2.24, 2.45) is 0 Å². The fourth-order valence-corrected chi connectivity index (χ4v) is 1.69. The highest BCUT2D eigenvalue weighted by Gasteiger charge is 2.19. The summed E-state index contributed by atoms with van der Waals surface area (Å²) in [6, 6.07) is 0. The third-order valence-corrected chi connectivity index (χ3v) is 2.60. The first-order valence-corrected chi connectivity index (χ1v) is 6.58. The monoisotopic (exact) mass is 260 g/mol. The number of aliphatic hydroxyl groups excluding tert-OH is 1. The first kappa shape index (κ1) is 16.9. The van der Waals surface area contributed by atoms with Crippen molar-refractivity contribution in [2.45, 2.75) is 71.0 Å². The Morgan fingerprint density at radius 3 is 2.28 bits per heavy atom. The molecule has 0 bridgehead atoms. The molecular weight excluding hydrogens is 236 g/mol. The molecule has 2 unspecified atom stereocenters. The molecule has 5 heteroatoms. The number of rotatable bonds is 10. The molecule has 0 aliphatic rings. The number of carbonyl (C=O) groups is 2. The second kappa shape index (κ2) is 9.88. The molecule has 2 atom stereocenters. The molecule has 0 saturated heterocycles. The van der Waals surface area contributed by atoms with E-state index in [1.54, 1.807) is 0 Å². The molecule has 2 N–H and O–H groups in total. The summed E-state index contributed by atoms with van der Waals surface area (Å²) in [4.78, 5) is 22.1. The van der Waals surface area contributed by atoms with Crippen LogP contribution in [0.2, 0.25) is 0 Å². The van der Waals surface area contributed by atoms with E-state index in [9.17, 15) is 14.7 Å².